The summed E-state index contributed by atoms with van der Waals surface area (Å²) in [6.07, 6.45) is 0. The zero-order chi connectivity index (χ0) is 14.1. The van der Waals surface area contributed by atoms with Gasteiger partial charge in [0.15, 0.2) is 0 Å². The number of ether oxygens (including phenoxy) is 1. The summed E-state index contributed by atoms with van der Waals surface area (Å²) in [5.41, 5.74) is 1.65. The van der Waals surface area contributed by atoms with Crippen LogP contribution in [0.1, 0.15) is 16.1 Å². The van der Waals surface area contributed by atoms with E-state index in [1.165, 1.54) is 12.1 Å². The van der Waals surface area contributed by atoms with Gasteiger partial charge in [0.25, 0.3) is 11.5 Å². The predicted octanol–water partition coefficient (Wildman–Crippen LogP) is 1.12. The number of hydrogen-bond acceptors (Lipinski definition) is 4. The van der Waals surface area contributed by atoms with Crippen LogP contribution in [0, 0.1) is 6.92 Å². The molecule has 1 amide bonds. The Labute approximate surface area is 115 Å². The number of carbonyl (C=O) groups is 1. The fourth-order valence-corrected chi connectivity index (χ4v) is 2.14. The first-order valence-electron chi connectivity index (χ1n) is 6.26. The number of carbonyl (C=O) groups excluding carboxylic acids is 1. The molecule has 0 atom stereocenters. The van der Waals surface area contributed by atoms with E-state index in [1.54, 1.807) is 4.90 Å². The van der Waals surface area contributed by atoms with E-state index in [2.05, 4.69) is 10.2 Å². The Balaban J connectivity index is 1.99. The van der Waals surface area contributed by atoms with E-state index in [4.69, 9.17) is 4.74 Å². The standard InChI is InChI=1S/C14H13N3O3/c1-9-2-4-12-11(8-9)17(6-7-20-12)14(19)10-3-5-13(18)16-15-10/h2-5,8H,6-7H2,1H3,(H,16,18). The third kappa shape index (κ3) is 2.16. The number of anilines is 1. The van der Waals surface area contributed by atoms with Crippen LogP contribution in [0.15, 0.2) is 35.1 Å². The number of rotatable bonds is 1. The molecule has 20 heavy (non-hydrogen) atoms. The molecule has 1 aliphatic rings. The lowest BCUT2D eigenvalue weighted by atomic mass is 10.1. The van der Waals surface area contributed by atoms with E-state index in [9.17, 15) is 9.59 Å². The highest BCUT2D eigenvalue weighted by molar-refractivity contribution is 6.05. The van der Waals surface area contributed by atoms with Crippen molar-refractivity contribution < 1.29 is 9.53 Å². The van der Waals surface area contributed by atoms with Gasteiger partial charge in [0, 0.05) is 6.07 Å². The average Bonchev–Trinajstić information content (AvgIpc) is 2.46. The lowest BCUT2D eigenvalue weighted by Crippen LogP contribution is -2.38. The lowest BCUT2D eigenvalue weighted by molar-refractivity contribution is 0.0970. The van der Waals surface area contributed by atoms with Crippen LogP contribution in [-0.2, 0) is 0 Å². The molecular formula is C14H13N3O3. The SMILES string of the molecule is Cc1ccc2c(c1)N(C(=O)c1ccc(=O)[nH]n1)CCO2. The van der Waals surface area contributed by atoms with Crippen LogP contribution in [0.25, 0.3) is 0 Å². The van der Waals surface area contributed by atoms with E-state index >= 15 is 0 Å². The van der Waals surface area contributed by atoms with Crippen molar-refractivity contribution in [3.63, 3.8) is 0 Å². The molecule has 102 valence electrons. The summed E-state index contributed by atoms with van der Waals surface area (Å²) >= 11 is 0. The number of benzene rings is 1. The van der Waals surface area contributed by atoms with Crippen LogP contribution in [0.4, 0.5) is 5.69 Å². The normalized spacial score (nSPS) is 13.6. The maximum absolute atomic E-state index is 12.5. The molecule has 0 unspecified atom stereocenters. The van der Waals surface area contributed by atoms with E-state index < -0.39 is 0 Å². The molecule has 0 fully saturated rings. The van der Waals surface area contributed by atoms with Gasteiger partial charge in [-0.15, -0.1) is 0 Å². The van der Waals surface area contributed by atoms with Crippen molar-refractivity contribution in [2.75, 3.05) is 18.1 Å². The van der Waals surface area contributed by atoms with Crippen LogP contribution in [-0.4, -0.2) is 29.3 Å². The van der Waals surface area contributed by atoms with Crippen molar-refractivity contribution in [1.29, 1.82) is 0 Å². The molecule has 1 aliphatic heterocycles. The van der Waals surface area contributed by atoms with Gasteiger partial charge in [-0.2, -0.15) is 5.10 Å². The quantitative estimate of drug-likeness (QED) is 0.843. The summed E-state index contributed by atoms with van der Waals surface area (Å²) in [5.74, 6) is 0.427. The molecule has 2 aromatic rings. The molecule has 0 saturated carbocycles. The second-order valence-corrected chi connectivity index (χ2v) is 4.58. The van der Waals surface area contributed by atoms with Crippen molar-refractivity contribution in [3.05, 3.63) is 51.9 Å². The number of hydrogen-bond donors (Lipinski definition) is 1. The van der Waals surface area contributed by atoms with Gasteiger partial charge in [0.05, 0.1) is 12.2 Å². The van der Waals surface area contributed by atoms with Crippen molar-refractivity contribution in [3.8, 4) is 5.75 Å². The highest BCUT2D eigenvalue weighted by Crippen LogP contribution is 2.32. The molecule has 2 heterocycles. The third-order valence-corrected chi connectivity index (χ3v) is 3.12. The maximum atomic E-state index is 12.5. The molecule has 6 heteroatoms. The van der Waals surface area contributed by atoms with E-state index in [0.717, 1.165) is 11.3 Å². The summed E-state index contributed by atoms with van der Waals surface area (Å²) in [6, 6.07) is 8.40. The monoisotopic (exact) mass is 271 g/mol. The Kier molecular flexibility index (Phi) is 2.98. The zero-order valence-electron chi connectivity index (χ0n) is 10.9. The first-order valence-corrected chi connectivity index (χ1v) is 6.26. The number of aromatic nitrogens is 2. The van der Waals surface area contributed by atoms with Crippen LogP contribution in [0.5, 0.6) is 5.75 Å². The van der Waals surface area contributed by atoms with Gasteiger partial charge in [-0.1, -0.05) is 6.07 Å². The Morgan fingerprint density at radius 3 is 2.95 bits per heavy atom. The molecule has 1 aromatic carbocycles. The Hall–Kier alpha value is -2.63. The first kappa shape index (κ1) is 12.4. The van der Waals surface area contributed by atoms with Gasteiger partial charge in [-0.3, -0.25) is 9.59 Å². The highest BCUT2D eigenvalue weighted by Gasteiger charge is 2.25. The summed E-state index contributed by atoms with van der Waals surface area (Å²) in [6.45, 7) is 2.84. The molecule has 6 nitrogen and oxygen atoms in total. The van der Waals surface area contributed by atoms with Crippen LogP contribution in [0.2, 0.25) is 0 Å². The number of nitrogens with zero attached hydrogens (tertiary/aromatic N) is 2. The largest absolute Gasteiger partial charge is 0.490 e. The summed E-state index contributed by atoms with van der Waals surface area (Å²) in [4.78, 5) is 25.1. The first-order chi connectivity index (χ1) is 9.65. The summed E-state index contributed by atoms with van der Waals surface area (Å²) in [5, 5.41) is 6.05. The number of amides is 1. The van der Waals surface area contributed by atoms with Gasteiger partial charge < -0.3 is 9.64 Å². The average molecular weight is 271 g/mol. The molecule has 0 aliphatic carbocycles. The Morgan fingerprint density at radius 1 is 1.35 bits per heavy atom. The minimum atomic E-state index is -0.334. The van der Waals surface area contributed by atoms with E-state index in [1.807, 2.05) is 25.1 Å². The maximum Gasteiger partial charge on any atom is 0.278 e. The Morgan fingerprint density at radius 2 is 2.20 bits per heavy atom. The lowest BCUT2D eigenvalue weighted by Gasteiger charge is -2.29. The van der Waals surface area contributed by atoms with Crippen molar-refractivity contribution in [1.82, 2.24) is 10.2 Å². The van der Waals surface area contributed by atoms with E-state index in [0.29, 0.717) is 18.9 Å². The number of aromatic amines is 1. The minimum absolute atomic E-state index is 0.207. The highest BCUT2D eigenvalue weighted by atomic mass is 16.5. The summed E-state index contributed by atoms with van der Waals surface area (Å²) < 4.78 is 5.54. The molecular weight excluding hydrogens is 258 g/mol. The fourth-order valence-electron chi connectivity index (χ4n) is 2.14. The topological polar surface area (TPSA) is 75.3 Å². The molecule has 0 spiro atoms. The minimum Gasteiger partial charge on any atom is -0.490 e. The number of fused-ring (bicyclic) bond motifs is 1. The second kappa shape index (κ2) is 4.80. The molecule has 0 bridgehead atoms. The van der Waals surface area contributed by atoms with E-state index in [-0.39, 0.29) is 17.2 Å². The summed E-state index contributed by atoms with van der Waals surface area (Å²) in [7, 11) is 0. The van der Waals surface area contributed by atoms with Crippen LogP contribution in [0.3, 0.4) is 0 Å². The fraction of sp³-hybridized carbons (Fsp3) is 0.214. The van der Waals surface area contributed by atoms with Crippen molar-refractivity contribution in [2.24, 2.45) is 0 Å². The number of aryl methyl sites for hydroxylation is 1. The zero-order valence-corrected chi connectivity index (χ0v) is 10.9. The van der Waals surface area contributed by atoms with Crippen molar-refractivity contribution in [2.45, 2.75) is 6.92 Å². The van der Waals surface area contributed by atoms with Gasteiger partial charge >= 0.3 is 0 Å². The molecule has 0 saturated heterocycles. The Bertz CT molecular complexity index is 703. The molecule has 0 radical (unpaired) electrons. The van der Waals surface area contributed by atoms with Gasteiger partial charge in [-0.25, -0.2) is 5.10 Å². The van der Waals surface area contributed by atoms with Crippen LogP contribution < -0.4 is 15.2 Å². The van der Waals surface area contributed by atoms with Gasteiger partial charge in [0.1, 0.15) is 18.1 Å². The molecule has 1 aromatic heterocycles. The third-order valence-electron chi connectivity index (χ3n) is 3.12. The van der Waals surface area contributed by atoms with Gasteiger partial charge in [-0.05, 0) is 30.7 Å². The number of nitrogens with one attached hydrogen (secondary N) is 1. The van der Waals surface area contributed by atoms with Gasteiger partial charge in [0.2, 0.25) is 0 Å². The van der Waals surface area contributed by atoms with Crippen molar-refractivity contribution >= 4 is 11.6 Å². The number of H-pyrrole nitrogens is 1. The van der Waals surface area contributed by atoms with Crippen LogP contribution >= 0.6 is 0 Å². The molecule has 3 rings (SSSR count). The molecule has 1 N–H and O–H groups in total. The smallest absolute Gasteiger partial charge is 0.278 e. The predicted molar refractivity (Wildman–Crippen MR) is 73.2 cm³/mol. The second-order valence-electron chi connectivity index (χ2n) is 4.58.